The minimum atomic E-state index is -1.55. The van der Waals surface area contributed by atoms with E-state index < -0.39 is 22.8 Å². The van der Waals surface area contributed by atoms with Crippen LogP contribution in [-0.2, 0) is 4.79 Å². The molecule has 2 fully saturated rings. The van der Waals surface area contributed by atoms with Crippen LogP contribution in [0.4, 0.5) is 10.1 Å². The number of benzene rings is 1. The first kappa shape index (κ1) is 21.4. The van der Waals surface area contributed by atoms with Crippen molar-refractivity contribution in [1.82, 2.24) is 9.47 Å². The molecule has 0 unspecified atom stereocenters. The largest absolute Gasteiger partial charge is 1.00 e. The van der Waals surface area contributed by atoms with Crippen LogP contribution in [0.25, 0.3) is 10.9 Å². The van der Waals surface area contributed by atoms with E-state index in [4.69, 9.17) is 0 Å². The number of carbonyl (C=O) groups is 2. The van der Waals surface area contributed by atoms with Crippen LogP contribution >= 0.6 is 0 Å². The Hall–Kier alpha value is -1.26. The Morgan fingerprint density at radius 1 is 1.14 bits per heavy atom. The molecule has 0 spiro atoms. The number of carbonyl (C=O) groups excluding carboxylic acids is 2. The smallest absolute Gasteiger partial charge is 0.545 e. The second kappa shape index (κ2) is 8.23. The number of pyridine rings is 1. The quantitative estimate of drug-likeness (QED) is 0.522. The average molecular weight is 411 g/mol. The third-order valence-electron chi connectivity index (χ3n) is 5.33. The molecule has 1 aliphatic carbocycles. The molecule has 0 bridgehead atoms. The number of carboxylic acid groups (broad SMARTS) is 1. The molecule has 2 aliphatic rings. The maximum absolute atomic E-state index is 14.8. The summed E-state index contributed by atoms with van der Waals surface area (Å²) in [6.45, 7) is 3.51. The normalized spacial score (nSPS) is 16.8. The Morgan fingerprint density at radius 2 is 1.79 bits per heavy atom. The fourth-order valence-electron chi connectivity index (χ4n) is 3.66. The number of halogens is 1. The third kappa shape index (κ3) is 3.91. The molecule has 28 heavy (non-hydrogen) atoms. The van der Waals surface area contributed by atoms with Crippen molar-refractivity contribution < 1.29 is 70.5 Å². The van der Waals surface area contributed by atoms with Crippen molar-refractivity contribution in [1.29, 1.82) is 0 Å². The van der Waals surface area contributed by atoms with E-state index in [0.717, 1.165) is 18.9 Å². The Morgan fingerprint density at radius 3 is 2.32 bits per heavy atom. The number of piperazine rings is 1. The van der Waals surface area contributed by atoms with Crippen molar-refractivity contribution >= 4 is 28.5 Å². The van der Waals surface area contributed by atoms with Gasteiger partial charge in [0.2, 0.25) is 5.91 Å². The number of hydrogen-bond acceptors (Lipinski definition) is 5. The van der Waals surface area contributed by atoms with Gasteiger partial charge in [-0.2, -0.15) is 0 Å². The van der Waals surface area contributed by atoms with Gasteiger partial charge in [-0.3, -0.25) is 9.59 Å². The Kier molecular flexibility index (Phi) is 6.31. The van der Waals surface area contributed by atoms with Gasteiger partial charge < -0.3 is 24.3 Å². The van der Waals surface area contributed by atoms with Crippen molar-refractivity contribution in [3.8, 4) is 0 Å². The molecule has 1 saturated carbocycles. The molecule has 1 aromatic carbocycles. The Bertz CT molecular complexity index is 1010. The van der Waals surface area contributed by atoms with E-state index in [1.165, 1.54) is 13.1 Å². The molecule has 0 N–H and O–H groups in total. The minimum Gasteiger partial charge on any atom is -0.545 e. The van der Waals surface area contributed by atoms with Crippen LogP contribution < -0.4 is 66.8 Å². The van der Waals surface area contributed by atoms with Crippen molar-refractivity contribution in [3.63, 3.8) is 0 Å². The van der Waals surface area contributed by atoms with Gasteiger partial charge in [-0.05, 0) is 25.0 Å². The minimum absolute atomic E-state index is 0. The molecule has 2 heterocycles. The zero-order valence-electron chi connectivity index (χ0n) is 15.9. The summed E-state index contributed by atoms with van der Waals surface area (Å²) < 4.78 is 16.5. The van der Waals surface area contributed by atoms with E-state index in [1.807, 2.05) is 4.90 Å². The van der Waals surface area contributed by atoms with Crippen LogP contribution in [0, 0.1) is 5.82 Å². The zero-order valence-corrected chi connectivity index (χ0v) is 19.0. The molecule has 142 valence electrons. The second-order valence-electron chi connectivity index (χ2n) is 7.11. The number of nitrogens with zero attached hydrogens (tertiary/aromatic N) is 3. The molecule has 9 heteroatoms. The van der Waals surface area contributed by atoms with Crippen LogP contribution in [0.5, 0.6) is 0 Å². The zero-order chi connectivity index (χ0) is 19.3. The Labute approximate surface area is 203 Å². The summed E-state index contributed by atoms with van der Waals surface area (Å²) in [7, 11) is 0. The van der Waals surface area contributed by atoms with Crippen LogP contribution in [-0.4, -0.2) is 47.5 Å². The molecule has 1 saturated heterocycles. The summed E-state index contributed by atoms with van der Waals surface area (Å²) >= 11 is 0. The van der Waals surface area contributed by atoms with E-state index in [2.05, 4.69) is 0 Å². The van der Waals surface area contributed by atoms with Gasteiger partial charge in [0.1, 0.15) is 5.82 Å². The van der Waals surface area contributed by atoms with Gasteiger partial charge in [-0.25, -0.2) is 4.39 Å². The molecule has 0 radical (unpaired) electrons. The third-order valence-corrected chi connectivity index (χ3v) is 5.33. The number of hydrogen-bond donors (Lipinski definition) is 0. The van der Waals surface area contributed by atoms with E-state index in [1.54, 1.807) is 15.5 Å². The molecule has 1 aliphatic heterocycles. The van der Waals surface area contributed by atoms with Crippen LogP contribution in [0.2, 0.25) is 0 Å². The van der Waals surface area contributed by atoms with Crippen molar-refractivity contribution in [3.05, 3.63) is 39.9 Å². The molecule has 1 aromatic heterocycles. The molecule has 4 rings (SSSR count). The fourth-order valence-corrected chi connectivity index (χ4v) is 3.66. The summed E-state index contributed by atoms with van der Waals surface area (Å²) in [6, 6.07) is 2.85. The van der Waals surface area contributed by atoms with E-state index in [0.29, 0.717) is 37.4 Å². The molecule has 0 atom stereocenters. The number of carboxylic acids is 1. The van der Waals surface area contributed by atoms with Gasteiger partial charge in [0.05, 0.1) is 22.7 Å². The van der Waals surface area contributed by atoms with Gasteiger partial charge in [-0.15, -0.1) is 0 Å². The monoisotopic (exact) mass is 411 g/mol. The predicted octanol–water partition coefficient (Wildman–Crippen LogP) is -2.49. The van der Waals surface area contributed by atoms with Gasteiger partial charge in [0, 0.05) is 50.7 Å². The fraction of sp³-hybridized carbons (Fsp3) is 0.421. The molecular weight excluding hydrogens is 392 g/mol. The number of aromatic nitrogens is 1. The van der Waals surface area contributed by atoms with Gasteiger partial charge in [0.25, 0.3) is 0 Å². The summed E-state index contributed by atoms with van der Waals surface area (Å²) in [5.41, 5.74) is -0.288. The maximum atomic E-state index is 14.8. The first-order valence-electron chi connectivity index (χ1n) is 8.97. The topological polar surface area (TPSA) is 85.7 Å². The predicted molar refractivity (Wildman–Crippen MR) is 95.2 cm³/mol. The number of anilines is 1. The molecule has 2 aromatic rings. The average Bonchev–Trinajstić information content (AvgIpc) is 3.47. The van der Waals surface area contributed by atoms with Crippen molar-refractivity contribution in [2.75, 3.05) is 31.1 Å². The number of fused-ring (bicyclic) bond motifs is 1. The molecule has 7 nitrogen and oxygen atoms in total. The standard InChI is InChI=1S/C19H20FN3O4.K/c1-11(24)21-4-6-22(7-5-21)17-9-16-13(8-15(17)20)18(25)14(19(26)27)10-23(16)12-2-3-12;/h8-10,12H,2-7H2,1H3,(H,26,27);/q;+1/p-1. The van der Waals surface area contributed by atoms with Gasteiger partial charge in [-0.1, -0.05) is 0 Å². The van der Waals surface area contributed by atoms with E-state index >= 15 is 0 Å². The van der Waals surface area contributed by atoms with Crippen LogP contribution in [0.1, 0.15) is 36.2 Å². The van der Waals surface area contributed by atoms with E-state index in [9.17, 15) is 23.9 Å². The first-order valence-corrected chi connectivity index (χ1v) is 8.97. The number of rotatable bonds is 3. The number of amides is 1. The maximum Gasteiger partial charge on any atom is 1.00 e. The van der Waals surface area contributed by atoms with E-state index in [-0.39, 0.29) is 68.7 Å². The summed E-state index contributed by atoms with van der Waals surface area (Å²) in [6.07, 6.45) is 3.08. The summed E-state index contributed by atoms with van der Waals surface area (Å²) in [5, 5.41) is 11.3. The SMILES string of the molecule is CC(=O)N1CCN(c2cc3c(cc2F)c(=O)c(C(=O)[O-])cn3C2CC2)CC1.[K+]. The van der Waals surface area contributed by atoms with Crippen molar-refractivity contribution in [2.45, 2.75) is 25.8 Å². The van der Waals surface area contributed by atoms with Crippen molar-refractivity contribution in [2.24, 2.45) is 0 Å². The van der Waals surface area contributed by atoms with Crippen LogP contribution in [0.15, 0.2) is 23.1 Å². The molecule has 1 amide bonds. The Balaban J connectivity index is 0.00000225. The number of aromatic carboxylic acids is 1. The van der Waals surface area contributed by atoms with Gasteiger partial charge in [0.15, 0.2) is 5.43 Å². The summed E-state index contributed by atoms with van der Waals surface area (Å²) in [4.78, 5) is 38.8. The van der Waals surface area contributed by atoms with Crippen LogP contribution in [0.3, 0.4) is 0 Å². The molecular formula is C19H19FKN3O4. The van der Waals surface area contributed by atoms with Gasteiger partial charge >= 0.3 is 51.4 Å². The summed E-state index contributed by atoms with van der Waals surface area (Å²) in [5.74, 6) is -2.14. The first-order chi connectivity index (χ1) is 12.9. The second-order valence-corrected chi connectivity index (χ2v) is 7.11.